The number of phenols is 1. The number of nitrogens with zero attached hydrogens (tertiary/aromatic N) is 5. The molecular weight excluding hydrogens is 380 g/mol. The third-order valence-electron chi connectivity index (χ3n) is 5.62. The van der Waals surface area contributed by atoms with Crippen LogP contribution in [0, 0.1) is 5.92 Å². The van der Waals surface area contributed by atoms with E-state index < -0.39 is 0 Å². The highest BCUT2D eigenvalue weighted by molar-refractivity contribution is 6.00. The number of aliphatic hydroxyl groups excluding tert-OH is 1. The van der Waals surface area contributed by atoms with Crippen molar-refractivity contribution in [1.29, 1.82) is 0 Å². The largest absolute Gasteiger partial charge is 0.508 e. The Bertz CT molecular complexity index is 1130. The number of aromatic nitrogens is 4. The molecule has 1 fully saturated rings. The van der Waals surface area contributed by atoms with Crippen LogP contribution in [0.15, 0.2) is 47.7 Å². The van der Waals surface area contributed by atoms with E-state index in [1.54, 1.807) is 18.5 Å². The summed E-state index contributed by atoms with van der Waals surface area (Å²) < 4.78 is 2.04. The number of nitrogens with one attached hydrogen (secondary N) is 1. The molecule has 2 unspecified atom stereocenters. The maximum atomic E-state index is 9.52. The van der Waals surface area contributed by atoms with Crippen LogP contribution >= 0.6 is 0 Å². The SMILES string of the molecule is C/C(=N\c1nc(NC2CC2)c2ncn(C3C=CC(CO)C3)c2n1)c1ccc(O)cc1. The predicted octanol–water partition coefficient (Wildman–Crippen LogP) is 3.36. The molecule has 0 bridgehead atoms. The van der Waals surface area contributed by atoms with E-state index in [1.165, 1.54) is 0 Å². The first kappa shape index (κ1) is 18.7. The number of phenolic OH excluding ortho intramolecular Hbond substituents is 1. The van der Waals surface area contributed by atoms with E-state index in [1.807, 2.05) is 23.6 Å². The minimum Gasteiger partial charge on any atom is -0.508 e. The fraction of sp³-hybridized carbons (Fsp3) is 0.364. The zero-order valence-electron chi connectivity index (χ0n) is 16.7. The van der Waals surface area contributed by atoms with Crippen molar-refractivity contribution < 1.29 is 10.2 Å². The van der Waals surface area contributed by atoms with E-state index in [2.05, 4.69) is 32.4 Å². The molecule has 0 radical (unpaired) electrons. The summed E-state index contributed by atoms with van der Waals surface area (Å²) in [6.45, 7) is 2.04. The lowest BCUT2D eigenvalue weighted by Crippen LogP contribution is -2.09. The Morgan fingerprint density at radius 2 is 2.00 bits per heavy atom. The molecule has 154 valence electrons. The zero-order valence-corrected chi connectivity index (χ0v) is 16.7. The van der Waals surface area contributed by atoms with Crippen LogP contribution in [0.5, 0.6) is 5.75 Å². The average Bonchev–Trinajstić information content (AvgIpc) is 3.25. The highest BCUT2D eigenvalue weighted by Crippen LogP contribution is 2.33. The number of aliphatic imine (C=N–C) groups is 1. The van der Waals surface area contributed by atoms with Gasteiger partial charge in [0.05, 0.1) is 12.4 Å². The topological polar surface area (TPSA) is 108 Å². The summed E-state index contributed by atoms with van der Waals surface area (Å²) in [7, 11) is 0. The second kappa shape index (κ2) is 7.53. The minimum absolute atomic E-state index is 0.103. The first-order valence-corrected chi connectivity index (χ1v) is 10.3. The van der Waals surface area contributed by atoms with Crippen LogP contribution in [0.25, 0.3) is 11.2 Å². The smallest absolute Gasteiger partial charge is 0.253 e. The van der Waals surface area contributed by atoms with Crippen molar-refractivity contribution in [2.45, 2.75) is 38.3 Å². The second-order valence-corrected chi connectivity index (χ2v) is 7.99. The van der Waals surface area contributed by atoms with Crippen LogP contribution in [0.2, 0.25) is 0 Å². The van der Waals surface area contributed by atoms with E-state index in [4.69, 9.17) is 4.98 Å². The summed E-state index contributed by atoms with van der Waals surface area (Å²) in [4.78, 5) is 18.6. The molecule has 2 atom stereocenters. The molecule has 0 spiro atoms. The number of fused-ring (bicyclic) bond motifs is 1. The minimum atomic E-state index is 0.103. The Hall–Kier alpha value is -3.26. The summed E-state index contributed by atoms with van der Waals surface area (Å²) in [5.41, 5.74) is 3.13. The van der Waals surface area contributed by atoms with Gasteiger partial charge in [0.1, 0.15) is 5.75 Å². The van der Waals surface area contributed by atoms with Gasteiger partial charge in [-0.2, -0.15) is 9.97 Å². The van der Waals surface area contributed by atoms with Crippen molar-refractivity contribution in [3.05, 3.63) is 48.3 Å². The molecule has 2 aliphatic carbocycles. The lowest BCUT2D eigenvalue weighted by atomic mass is 10.1. The van der Waals surface area contributed by atoms with Gasteiger partial charge >= 0.3 is 0 Å². The molecule has 1 aromatic carbocycles. The normalized spacial score (nSPS) is 21.5. The molecule has 3 N–H and O–H groups in total. The molecule has 0 saturated heterocycles. The molecule has 2 heterocycles. The van der Waals surface area contributed by atoms with Crippen LogP contribution in [0.4, 0.5) is 11.8 Å². The number of benzene rings is 1. The number of rotatable bonds is 6. The van der Waals surface area contributed by atoms with Gasteiger partial charge < -0.3 is 20.1 Å². The van der Waals surface area contributed by atoms with Gasteiger partial charge in [-0.3, -0.25) is 0 Å². The molecule has 0 amide bonds. The molecule has 30 heavy (non-hydrogen) atoms. The third-order valence-corrected chi connectivity index (χ3v) is 5.62. The number of anilines is 1. The molecule has 8 nitrogen and oxygen atoms in total. The standard InChI is InChI=1S/C22H24N6O2/c1-13(15-3-8-18(30)9-4-15)24-22-26-20(25-16-5-6-16)19-21(27-22)28(12-23-19)17-7-2-14(10-17)11-29/h2-4,7-9,12,14,16-17,29-30H,5-6,10-11H2,1H3,(H,25,26,27)/b24-13+. The van der Waals surface area contributed by atoms with Crippen LogP contribution in [0.1, 0.15) is 37.8 Å². The van der Waals surface area contributed by atoms with Gasteiger partial charge in [-0.15, -0.1) is 0 Å². The number of hydrogen-bond donors (Lipinski definition) is 3. The Morgan fingerprint density at radius 3 is 2.70 bits per heavy atom. The van der Waals surface area contributed by atoms with Gasteiger partial charge in [-0.05, 0) is 56.0 Å². The highest BCUT2D eigenvalue weighted by Gasteiger charge is 2.26. The molecular formula is C22H24N6O2. The maximum absolute atomic E-state index is 9.52. The average molecular weight is 404 g/mol. The lowest BCUT2D eigenvalue weighted by molar-refractivity contribution is 0.244. The van der Waals surface area contributed by atoms with Gasteiger partial charge in [0.25, 0.3) is 5.95 Å². The molecule has 5 rings (SSSR count). The van der Waals surface area contributed by atoms with Crippen molar-refractivity contribution in [1.82, 2.24) is 19.5 Å². The zero-order chi connectivity index (χ0) is 20.7. The van der Waals surface area contributed by atoms with Crippen molar-refractivity contribution >= 4 is 28.6 Å². The van der Waals surface area contributed by atoms with Crippen molar-refractivity contribution in [2.75, 3.05) is 11.9 Å². The number of allylic oxidation sites excluding steroid dienone is 1. The first-order chi connectivity index (χ1) is 14.6. The number of aromatic hydroxyl groups is 1. The lowest BCUT2D eigenvalue weighted by Gasteiger charge is -2.13. The van der Waals surface area contributed by atoms with Gasteiger partial charge in [0.2, 0.25) is 0 Å². The van der Waals surface area contributed by atoms with E-state index in [9.17, 15) is 10.2 Å². The number of hydrogen-bond acceptors (Lipinski definition) is 7. The molecule has 8 heteroatoms. The summed E-state index contributed by atoms with van der Waals surface area (Å²) in [5.74, 6) is 1.46. The third kappa shape index (κ3) is 3.66. The molecule has 0 aliphatic heterocycles. The monoisotopic (exact) mass is 404 g/mol. The van der Waals surface area contributed by atoms with Crippen molar-refractivity contribution in [3.8, 4) is 5.75 Å². The number of aliphatic hydroxyl groups is 1. The Morgan fingerprint density at radius 1 is 1.20 bits per heavy atom. The molecule has 2 aliphatic rings. The Kier molecular flexibility index (Phi) is 4.71. The van der Waals surface area contributed by atoms with Crippen LogP contribution in [-0.4, -0.2) is 48.1 Å². The van der Waals surface area contributed by atoms with Crippen molar-refractivity contribution in [2.24, 2.45) is 10.9 Å². The van der Waals surface area contributed by atoms with E-state index in [-0.39, 0.29) is 24.3 Å². The van der Waals surface area contributed by atoms with E-state index in [0.717, 1.165) is 41.7 Å². The first-order valence-electron chi connectivity index (χ1n) is 10.3. The summed E-state index contributed by atoms with van der Waals surface area (Å²) in [6, 6.07) is 7.44. The van der Waals surface area contributed by atoms with Gasteiger partial charge in [-0.25, -0.2) is 9.98 Å². The molecule has 2 aromatic heterocycles. The summed E-state index contributed by atoms with van der Waals surface area (Å²) >= 11 is 0. The Labute approximate surface area is 174 Å². The summed E-state index contributed by atoms with van der Waals surface area (Å²) in [5, 5.41) is 22.4. The predicted molar refractivity (Wildman–Crippen MR) is 115 cm³/mol. The van der Waals surface area contributed by atoms with Crippen LogP contribution in [0.3, 0.4) is 0 Å². The second-order valence-electron chi connectivity index (χ2n) is 7.99. The molecule has 1 saturated carbocycles. The summed E-state index contributed by atoms with van der Waals surface area (Å²) in [6.07, 6.45) is 9.02. The van der Waals surface area contributed by atoms with Gasteiger partial charge in [0, 0.05) is 24.3 Å². The van der Waals surface area contributed by atoms with Crippen LogP contribution in [-0.2, 0) is 0 Å². The van der Waals surface area contributed by atoms with E-state index in [0.29, 0.717) is 17.8 Å². The van der Waals surface area contributed by atoms with Crippen molar-refractivity contribution in [3.63, 3.8) is 0 Å². The van der Waals surface area contributed by atoms with E-state index >= 15 is 0 Å². The molecule has 3 aromatic rings. The fourth-order valence-electron chi connectivity index (χ4n) is 3.73. The quantitative estimate of drug-likeness (QED) is 0.429. The highest BCUT2D eigenvalue weighted by atomic mass is 16.3. The maximum Gasteiger partial charge on any atom is 0.253 e. The fourth-order valence-corrected chi connectivity index (χ4v) is 3.73. The van der Waals surface area contributed by atoms with Crippen LogP contribution < -0.4 is 5.32 Å². The number of imidazole rings is 1. The Balaban J connectivity index is 1.56. The van der Waals surface area contributed by atoms with Gasteiger partial charge in [-0.1, -0.05) is 12.2 Å². The van der Waals surface area contributed by atoms with Gasteiger partial charge in [0.15, 0.2) is 17.0 Å².